The second-order valence-electron chi connectivity index (χ2n) is 6.09. The maximum atomic E-state index is 13.1. The van der Waals surface area contributed by atoms with E-state index >= 15 is 0 Å². The summed E-state index contributed by atoms with van der Waals surface area (Å²) < 4.78 is 0. The maximum Gasteiger partial charge on any atom is 0.236 e. The zero-order valence-electron chi connectivity index (χ0n) is 12.7. The average molecular weight is 325 g/mol. The Kier molecular flexibility index (Phi) is 3.66. The lowest BCUT2D eigenvalue weighted by Crippen LogP contribution is -2.36. The first-order valence-electron chi connectivity index (χ1n) is 7.95. The van der Waals surface area contributed by atoms with E-state index in [1.807, 2.05) is 53.4 Å². The van der Waals surface area contributed by atoms with Crippen molar-refractivity contribution in [3.63, 3.8) is 0 Å². The standard InChI is InChI=1S/C19H17ClN2O/c20-14-10-8-13(9-11-14)12-22-18-7-2-1-5-17(18)21-16-6-3-4-15(16)19(22)23/h1-2,5,7-11,15H,3-4,6,12H2. The molecule has 0 aromatic heterocycles. The Balaban J connectivity index is 1.76. The van der Waals surface area contributed by atoms with Gasteiger partial charge in [-0.15, -0.1) is 0 Å². The van der Waals surface area contributed by atoms with Crippen LogP contribution in [0.15, 0.2) is 53.5 Å². The van der Waals surface area contributed by atoms with Crippen molar-refractivity contribution in [1.29, 1.82) is 0 Å². The van der Waals surface area contributed by atoms with Crippen LogP contribution in [0.2, 0.25) is 5.02 Å². The van der Waals surface area contributed by atoms with Crippen molar-refractivity contribution >= 4 is 34.6 Å². The first kappa shape index (κ1) is 14.5. The van der Waals surface area contributed by atoms with Crippen molar-refractivity contribution in [2.75, 3.05) is 4.90 Å². The van der Waals surface area contributed by atoms with Gasteiger partial charge in [0.05, 0.1) is 23.8 Å². The summed E-state index contributed by atoms with van der Waals surface area (Å²) in [7, 11) is 0. The zero-order valence-corrected chi connectivity index (χ0v) is 13.5. The van der Waals surface area contributed by atoms with E-state index in [4.69, 9.17) is 16.6 Å². The van der Waals surface area contributed by atoms with Crippen LogP contribution in [0.1, 0.15) is 24.8 Å². The Hall–Kier alpha value is -2.13. The number of aliphatic imine (C=N–C) groups is 1. The van der Waals surface area contributed by atoms with Crippen LogP contribution in [0.4, 0.5) is 11.4 Å². The number of anilines is 1. The minimum atomic E-state index is -0.0605. The van der Waals surface area contributed by atoms with Crippen molar-refractivity contribution in [2.24, 2.45) is 10.9 Å². The van der Waals surface area contributed by atoms with Gasteiger partial charge in [0, 0.05) is 10.7 Å². The third-order valence-corrected chi connectivity index (χ3v) is 4.83. The van der Waals surface area contributed by atoms with E-state index in [1.165, 1.54) is 0 Å². The van der Waals surface area contributed by atoms with E-state index in [0.29, 0.717) is 11.6 Å². The fourth-order valence-electron chi connectivity index (χ4n) is 3.41. The molecule has 1 heterocycles. The Bertz CT molecular complexity index is 782. The SMILES string of the molecule is O=C1C2CCCC2=Nc2ccccc2N1Cc1ccc(Cl)cc1. The molecular weight excluding hydrogens is 308 g/mol. The summed E-state index contributed by atoms with van der Waals surface area (Å²) in [5.41, 5.74) is 3.91. The van der Waals surface area contributed by atoms with E-state index in [1.54, 1.807) is 0 Å². The van der Waals surface area contributed by atoms with Crippen LogP contribution in [0, 0.1) is 5.92 Å². The maximum absolute atomic E-state index is 13.1. The molecule has 2 aromatic rings. The number of hydrogen-bond acceptors (Lipinski definition) is 2. The van der Waals surface area contributed by atoms with E-state index in [9.17, 15) is 4.79 Å². The lowest BCUT2D eigenvalue weighted by Gasteiger charge is -2.25. The van der Waals surface area contributed by atoms with Crippen molar-refractivity contribution in [3.8, 4) is 0 Å². The van der Waals surface area contributed by atoms with Crippen LogP contribution in [0.3, 0.4) is 0 Å². The lowest BCUT2D eigenvalue weighted by atomic mass is 10.0. The minimum absolute atomic E-state index is 0.0605. The summed E-state index contributed by atoms with van der Waals surface area (Å²) in [4.78, 5) is 19.8. The number of carbonyl (C=O) groups excluding carboxylic acids is 1. The lowest BCUT2D eigenvalue weighted by molar-refractivity contribution is -0.120. The summed E-state index contributed by atoms with van der Waals surface area (Å²) in [5, 5.41) is 0.706. The van der Waals surface area contributed by atoms with Crippen LogP contribution in [0.5, 0.6) is 0 Å². The van der Waals surface area contributed by atoms with Gasteiger partial charge in [-0.1, -0.05) is 35.9 Å². The predicted octanol–water partition coefficient (Wildman–Crippen LogP) is 4.76. The van der Waals surface area contributed by atoms with Crippen molar-refractivity contribution in [2.45, 2.75) is 25.8 Å². The predicted molar refractivity (Wildman–Crippen MR) is 93.5 cm³/mol. The molecule has 4 heteroatoms. The summed E-state index contributed by atoms with van der Waals surface area (Å²) >= 11 is 5.96. The van der Waals surface area contributed by atoms with Gasteiger partial charge in [-0.3, -0.25) is 9.79 Å². The molecule has 1 unspecified atom stereocenters. The van der Waals surface area contributed by atoms with E-state index in [0.717, 1.165) is 41.9 Å². The average Bonchev–Trinajstić information content (AvgIpc) is 2.99. The summed E-state index contributed by atoms with van der Waals surface area (Å²) in [6.45, 7) is 0.548. The summed E-state index contributed by atoms with van der Waals surface area (Å²) in [6.07, 6.45) is 2.88. The number of halogens is 1. The molecule has 1 saturated carbocycles. The van der Waals surface area contributed by atoms with Gasteiger partial charge in [-0.25, -0.2) is 0 Å². The van der Waals surface area contributed by atoms with Crippen molar-refractivity contribution in [3.05, 3.63) is 59.1 Å². The van der Waals surface area contributed by atoms with E-state index < -0.39 is 0 Å². The largest absolute Gasteiger partial charge is 0.305 e. The van der Waals surface area contributed by atoms with Crippen LogP contribution >= 0.6 is 11.6 Å². The molecule has 1 atom stereocenters. The Morgan fingerprint density at radius 2 is 1.91 bits per heavy atom. The molecule has 2 aliphatic rings. The molecule has 1 aliphatic carbocycles. The molecule has 0 saturated heterocycles. The van der Waals surface area contributed by atoms with Crippen LogP contribution in [0.25, 0.3) is 0 Å². The summed E-state index contributed by atoms with van der Waals surface area (Å²) in [6, 6.07) is 15.6. The number of benzene rings is 2. The Morgan fingerprint density at radius 3 is 2.74 bits per heavy atom. The third-order valence-electron chi connectivity index (χ3n) is 4.58. The molecule has 0 radical (unpaired) electrons. The fraction of sp³-hybridized carbons (Fsp3) is 0.263. The first-order chi connectivity index (χ1) is 11.2. The highest BCUT2D eigenvalue weighted by atomic mass is 35.5. The van der Waals surface area contributed by atoms with Crippen molar-refractivity contribution < 1.29 is 4.79 Å². The number of carbonyl (C=O) groups is 1. The molecule has 1 fully saturated rings. The molecule has 0 bridgehead atoms. The van der Waals surface area contributed by atoms with Gasteiger partial charge < -0.3 is 4.90 Å². The number of fused-ring (bicyclic) bond motifs is 2. The number of amides is 1. The Morgan fingerprint density at radius 1 is 1.13 bits per heavy atom. The van der Waals surface area contributed by atoms with Gasteiger partial charge in [0.2, 0.25) is 5.91 Å². The molecule has 2 aromatic carbocycles. The quantitative estimate of drug-likeness (QED) is 0.784. The second kappa shape index (κ2) is 5.82. The molecule has 3 nitrogen and oxygen atoms in total. The first-order valence-corrected chi connectivity index (χ1v) is 8.32. The second-order valence-corrected chi connectivity index (χ2v) is 6.52. The third kappa shape index (κ3) is 2.66. The van der Waals surface area contributed by atoms with Gasteiger partial charge in [-0.2, -0.15) is 0 Å². The number of hydrogen-bond donors (Lipinski definition) is 0. The molecule has 23 heavy (non-hydrogen) atoms. The number of para-hydroxylation sites is 2. The van der Waals surface area contributed by atoms with Crippen LogP contribution in [-0.4, -0.2) is 11.6 Å². The van der Waals surface area contributed by atoms with Crippen molar-refractivity contribution in [1.82, 2.24) is 0 Å². The van der Waals surface area contributed by atoms with E-state index in [2.05, 4.69) is 0 Å². The topological polar surface area (TPSA) is 32.7 Å². The molecule has 116 valence electrons. The smallest absolute Gasteiger partial charge is 0.236 e. The molecule has 0 spiro atoms. The Labute approximate surface area is 140 Å². The number of rotatable bonds is 2. The van der Waals surface area contributed by atoms with Crippen LogP contribution in [-0.2, 0) is 11.3 Å². The molecular formula is C19H17ClN2O. The monoisotopic (exact) mass is 324 g/mol. The fourth-order valence-corrected chi connectivity index (χ4v) is 3.54. The minimum Gasteiger partial charge on any atom is -0.305 e. The normalized spacial score (nSPS) is 19.9. The highest BCUT2D eigenvalue weighted by Gasteiger charge is 2.36. The van der Waals surface area contributed by atoms with Gasteiger partial charge in [0.15, 0.2) is 0 Å². The van der Waals surface area contributed by atoms with Crippen LogP contribution < -0.4 is 4.90 Å². The molecule has 1 amide bonds. The van der Waals surface area contributed by atoms with Gasteiger partial charge in [0.25, 0.3) is 0 Å². The summed E-state index contributed by atoms with van der Waals surface area (Å²) in [5.74, 6) is 0.107. The molecule has 4 rings (SSSR count). The highest BCUT2D eigenvalue weighted by Crippen LogP contribution is 2.38. The molecule has 1 aliphatic heterocycles. The highest BCUT2D eigenvalue weighted by molar-refractivity contribution is 6.30. The molecule has 0 N–H and O–H groups in total. The van der Waals surface area contributed by atoms with Gasteiger partial charge in [-0.05, 0) is 49.1 Å². The number of nitrogens with zero attached hydrogens (tertiary/aromatic N) is 2. The van der Waals surface area contributed by atoms with Gasteiger partial charge in [0.1, 0.15) is 0 Å². The van der Waals surface area contributed by atoms with Gasteiger partial charge >= 0.3 is 0 Å². The van der Waals surface area contributed by atoms with E-state index in [-0.39, 0.29) is 11.8 Å². The zero-order chi connectivity index (χ0) is 15.8.